The minimum atomic E-state index is -0.214. The van der Waals surface area contributed by atoms with E-state index in [2.05, 4.69) is 43.6 Å². The summed E-state index contributed by atoms with van der Waals surface area (Å²) in [6.45, 7) is 9.20. The Kier molecular flexibility index (Phi) is 4.67. The summed E-state index contributed by atoms with van der Waals surface area (Å²) in [5.74, 6) is 0.284. The maximum atomic E-state index is 13.2. The van der Waals surface area contributed by atoms with Crippen LogP contribution in [0.3, 0.4) is 0 Å². The summed E-state index contributed by atoms with van der Waals surface area (Å²) in [7, 11) is 1.90. The van der Waals surface area contributed by atoms with Crippen molar-refractivity contribution < 1.29 is 4.79 Å². The minimum absolute atomic E-state index is 0.214. The summed E-state index contributed by atoms with van der Waals surface area (Å²) < 4.78 is 3.68. The van der Waals surface area contributed by atoms with Gasteiger partial charge < -0.3 is 19.9 Å². The summed E-state index contributed by atoms with van der Waals surface area (Å²) in [6.07, 6.45) is 8.23. The monoisotopic (exact) mass is 458 g/mol. The first-order valence-electron chi connectivity index (χ1n) is 11.9. The van der Waals surface area contributed by atoms with Crippen molar-refractivity contribution in [3.05, 3.63) is 47.7 Å². The van der Waals surface area contributed by atoms with Crippen LogP contribution in [0.4, 0.5) is 11.5 Å². The normalized spacial score (nSPS) is 17.4. The van der Waals surface area contributed by atoms with E-state index < -0.39 is 0 Å². The second kappa shape index (κ2) is 7.53. The number of imidazole rings is 1. The van der Waals surface area contributed by atoms with Gasteiger partial charge >= 0.3 is 0 Å². The van der Waals surface area contributed by atoms with Crippen LogP contribution in [-0.4, -0.2) is 55.7 Å². The number of carbonyl (C=O) groups excluding carboxylic acids is 1. The van der Waals surface area contributed by atoms with Crippen molar-refractivity contribution >= 4 is 34.0 Å². The number of hydrogen-bond donors (Lipinski definition) is 2. The number of amides is 1. The van der Waals surface area contributed by atoms with E-state index in [9.17, 15) is 4.79 Å². The van der Waals surface area contributed by atoms with Crippen molar-refractivity contribution in [2.75, 3.05) is 29.9 Å². The molecule has 2 N–H and O–H groups in total. The number of hydrogen-bond acceptors (Lipinski definition) is 6. The Balaban J connectivity index is 1.25. The maximum Gasteiger partial charge on any atom is 0.259 e. The van der Waals surface area contributed by atoms with Gasteiger partial charge in [0.15, 0.2) is 11.5 Å². The molecule has 0 radical (unpaired) electrons. The zero-order chi connectivity index (χ0) is 23.6. The van der Waals surface area contributed by atoms with Crippen LogP contribution in [0.2, 0.25) is 0 Å². The average molecular weight is 459 g/mol. The van der Waals surface area contributed by atoms with Crippen LogP contribution in [0.15, 0.2) is 30.7 Å². The zero-order valence-corrected chi connectivity index (χ0v) is 20.1. The van der Waals surface area contributed by atoms with E-state index in [0.29, 0.717) is 22.8 Å². The molecule has 6 rings (SSSR count). The Labute approximate surface area is 198 Å². The largest absolute Gasteiger partial charge is 0.370 e. The van der Waals surface area contributed by atoms with Crippen molar-refractivity contribution in [3.63, 3.8) is 0 Å². The standard InChI is InChI=1S/C25H30N8O/c1-5-26-17-8-25(9-17)13-33(14-25)20-7-6-18(22-19(20)11-31(4)30-22)24(34)29-21-12-32-10-15(2)27-16(3)23(32)28-21/h6-7,10-12,17,26H,5,8-9,13-14H2,1-4H3,(H,29,34). The van der Waals surface area contributed by atoms with Gasteiger partial charge in [-0.1, -0.05) is 6.92 Å². The molecule has 2 aliphatic rings. The Morgan fingerprint density at radius 1 is 1.15 bits per heavy atom. The van der Waals surface area contributed by atoms with E-state index in [1.165, 1.54) is 12.8 Å². The molecule has 4 heterocycles. The van der Waals surface area contributed by atoms with Gasteiger partial charge in [0.25, 0.3) is 5.91 Å². The fraction of sp³-hybridized carbons (Fsp3) is 0.440. The number of rotatable bonds is 5. The maximum absolute atomic E-state index is 13.2. The van der Waals surface area contributed by atoms with Gasteiger partial charge in [-0.15, -0.1) is 0 Å². The van der Waals surface area contributed by atoms with Crippen LogP contribution in [-0.2, 0) is 7.05 Å². The van der Waals surface area contributed by atoms with Gasteiger partial charge in [0.1, 0.15) is 5.52 Å². The highest BCUT2D eigenvalue weighted by atomic mass is 16.1. The van der Waals surface area contributed by atoms with Crippen LogP contribution >= 0.6 is 0 Å². The van der Waals surface area contributed by atoms with Crippen LogP contribution in [0.5, 0.6) is 0 Å². The number of nitrogens with zero attached hydrogens (tertiary/aromatic N) is 6. The molecule has 1 aliphatic carbocycles. The number of nitrogens with one attached hydrogen (secondary N) is 2. The smallest absolute Gasteiger partial charge is 0.259 e. The van der Waals surface area contributed by atoms with E-state index in [1.54, 1.807) is 4.68 Å². The third kappa shape index (κ3) is 3.34. The van der Waals surface area contributed by atoms with Crippen LogP contribution in [0.25, 0.3) is 16.6 Å². The van der Waals surface area contributed by atoms with Gasteiger partial charge in [-0.25, -0.2) is 4.98 Å². The molecule has 176 valence electrons. The summed E-state index contributed by atoms with van der Waals surface area (Å²) >= 11 is 0. The molecule has 0 unspecified atom stereocenters. The summed E-state index contributed by atoms with van der Waals surface area (Å²) in [4.78, 5) is 24.7. The molecule has 1 saturated carbocycles. The molecule has 4 aromatic rings. The second-order valence-corrected chi connectivity index (χ2v) is 10.00. The van der Waals surface area contributed by atoms with Crippen LogP contribution in [0.1, 0.15) is 41.5 Å². The molecule has 34 heavy (non-hydrogen) atoms. The van der Waals surface area contributed by atoms with Crippen LogP contribution < -0.4 is 15.5 Å². The first-order valence-corrected chi connectivity index (χ1v) is 11.9. The van der Waals surface area contributed by atoms with E-state index in [1.807, 2.05) is 50.0 Å². The molecule has 1 spiro atoms. The number of anilines is 2. The Morgan fingerprint density at radius 2 is 1.94 bits per heavy atom. The van der Waals surface area contributed by atoms with E-state index in [-0.39, 0.29) is 5.91 Å². The quantitative estimate of drug-likeness (QED) is 0.478. The van der Waals surface area contributed by atoms with Gasteiger partial charge in [0.05, 0.1) is 23.1 Å². The van der Waals surface area contributed by atoms with Crippen molar-refractivity contribution in [2.24, 2.45) is 12.5 Å². The molecular weight excluding hydrogens is 428 g/mol. The Hall–Kier alpha value is -3.46. The molecular formula is C25H30N8O. The fourth-order valence-electron chi connectivity index (χ4n) is 5.82. The lowest BCUT2D eigenvalue weighted by Crippen LogP contribution is -2.66. The van der Waals surface area contributed by atoms with Crippen LogP contribution in [0, 0.1) is 19.3 Å². The van der Waals surface area contributed by atoms with Gasteiger partial charge in [-0.2, -0.15) is 5.10 Å². The summed E-state index contributed by atoms with van der Waals surface area (Å²) in [5.41, 5.74) is 5.33. The molecule has 1 saturated heterocycles. The van der Waals surface area contributed by atoms with E-state index in [0.717, 1.165) is 53.3 Å². The number of aryl methyl sites for hydroxylation is 3. The van der Waals surface area contributed by atoms with Gasteiger partial charge in [0, 0.05) is 55.1 Å². The molecule has 9 heteroatoms. The van der Waals surface area contributed by atoms with Crippen molar-refractivity contribution in [3.8, 4) is 0 Å². The molecule has 1 aliphatic heterocycles. The topological polar surface area (TPSA) is 92.4 Å². The lowest BCUT2D eigenvalue weighted by molar-refractivity contribution is 0.0496. The first kappa shape index (κ1) is 21.1. The molecule has 1 aromatic carbocycles. The lowest BCUT2D eigenvalue weighted by atomic mass is 9.60. The fourth-order valence-corrected chi connectivity index (χ4v) is 5.82. The third-order valence-corrected chi connectivity index (χ3v) is 7.22. The minimum Gasteiger partial charge on any atom is -0.370 e. The van der Waals surface area contributed by atoms with E-state index in [4.69, 9.17) is 0 Å². The van der Waals surface area contributed by atoms with Crippen molar-refractivity contribution in [1.82, 2.24) is 29.5 Å². The molecule has 1 amide bonds. The lowest BCUT2D eigenvalue weighted by Gasteiger charge is -2.60. The number of carbonyl (C=O) groups is 1. The zero-order valence-electron chi connectivity index (χ0n) is 20.1. The number of fused-ring (bicyclic) bond motifs is 2. The van der Waals surface area contributed by atoms with E-state index >= 15 is 0 Å². The first-order chi connectivity index (χ1) is 16.3. The van der Waals surface area contributed by atoms with Gasteiger partial charge in [0.2, 0.25) is 0 Å². The van der Waals surface area contributed by atoms with Gasteiger partial charge in [-0.05, 0) is 45.4 Å². The van der Waals surface area contributed by atoms with Crippen molar-refractivity contribution in [2.45, 2.75) is 39.7 Å². The highest BCUT2D eigenvalue weighted by Crippen LogP contribution is 2.50. The second-order valence-electron chi connectivity index (χ2n) is 10.00. The third-order valence-electron chi connectivity index (χ3n) is 7.22. The predicted octanol–water partition coefficient (Wildman–Crippen LogP) is 3.06. The van der Waals surface area contributed by atoms with Crippen molar-refractivity contribution in [1.29, 1.82) is 0 Å². The highest BCUT2D eigenvalue weighted by Gasteiger charge is 2.52. The Morgan fingerprint density at radius 3 is 2.71 bits per heavy atom. The summed E-state index contributed by atoms with van der Waals surface area (Å²) in [5, 5.41) is 12.2. The predicted molar refractivity (Wildman–Crippen MR) is 132 cm³/mol. The molecule has 3 aromatic heterocycles. The highest BCUT2D eigenvalue weighted by molar-refractivity contribution is 6.13. The molecule has 9 nitrogen and oxygen atoms in total. The molecule has 0 atom stereocenters. The molecule has 0 bridgehead atoms. The summed E-state index contributed by atoms with van der Waals surface area (Å²) in [6, 6.07) is 4.62. The SMILES string of the molecule is CCNC1CC2(C1)CN(c1ccc(C(=O)Nc3cn4cc(C)nc(C)c4n3)c3nn(C)cc13)C2. The average Bonchev–Trinajstić information content (AvgIpc) is 3.31. The molecule has 2 fully saturated rings. The van der Waals surface area contributed by atoms with Gasteiger partial charge in [-0.3, -0.25) is 14.5 Å². The Bertz CT molecular complexity index is 1420. The number of benzene rings is 1. The number of aromatic nitrogens is 5.